The first-order valence-corrected chi connectivity index (χ1v) is 7.71. The molecule has 122 valence electrons. The molecule has 1 heterocycles. The summed E-state index contributed by atoms with van der Waals surface area (Å²) >= 11 is 0. The van der Waals surface area contributed by atoms with Crippen LogP contribution in [-0.2, 0) is 0 Å². The lowest BCUT2D eigenvalue weighted by Crippen LogP contribution is -2.12. The average Bonchev–Trinajstić information content (AvgIpc) is 2.96. The highest BCUT2D eigenvalue weighted by molar-refractivity contribution is 6.08. The van der Waals surface area contributed by atoms with Crippen molar-refractivity contribution in [2.75, 3.05) is 24.7 Å². The molecule has 3 aromatic rings. The third-order valence-corrected chi connectivity index (χ3v) is 3.87. The number of anilines is 2. The maximum absolute atomic E-state index is 12.9. The molecule has 2 aromatic carbocycles. The van der Waals surface area contributed by atoms with Gasteiger partial charge in [-0.25, -0.2) is 4.68 Å². The van der Waals surface area contributed by atoms with E-state index in [9.17, 15) is 4.79 Å². The Labute approximate surface area is 141 Å². The van der Waals surface area contributed by atoms with Crippen LogP contribution in [0.25, 0.3) is 5.69 Å². The fraction of sp³-hybridized carbons (Fsp3) is 0.158. The van der Waals surface area contributed by atoms with Gasteiger partial charge in [0.15, 0.2) is 0 Å². The van der Waals surface area contributed by atoms with Crippen molar-refractivity contribution in [3.63, 3.8) is 0 Å². The van der Waals surface area contributed by atoms with Gasteiger partial charge in [0.05, 0.1) is 17.1 Å². The van der Waals surface area contributed by atoms with Crippen molar-refractivity contribution in [3.05, 3.63) is 71.5 Å². The fourth-order valence-corrected chi connectivity index (χ4v) is 2.58. The zero-order valence-corrected chi connectivity index (χ0v) is 14.0. The highest BCUT2D eigenvalue weighted by atomic mass is 16.1. The minimum absolute atomic E-state index is 0.0795. The second-order valence-corrected chi connectivity index (χ2v) is 5.91. The number of para-hydroxylation sites is 2. The van der Waals surface area contributed by atoms with Crippen molar-refractivity contribution in [2.45, 2.75) is 6.92 Å². The molecule has 0 unspecified atom stereocenters. The highest BCUT2D eigenvalue weighted by Gasteiger charge is 2.18. The van der Waals surface area contributed by atoms with Gasteiger partial charge in [0.25, 0.3) is 0 Å². The lowest BCUT2D eigenvalue weighted by Gasteiger charge is -2.13. The van der Waals surface area contributed by atoms with Crippen LogP contribution in [0.4, 0.5) is 11.4 Å². The molecule has 24 heavy (non-hydrogen) atoms. The molecule has 0 saturated heterocycles. The van der Waals surface area contributed by atoms with E-state index < -0.39 is 0 Å². The van der Waals surface area contributed by atoms with E-state index in [1.165, 1.54) is 0 Å². The van der Waals surface area contributed by atoms with E-state index in [0.717, 1.165) is 11.4 Å². The minimum atomic E-state index is -0.0795. The molecule has 0 radical (unpaired) electrons. The van der Waals surface area contributed by atoms with Gasteiger partial charge in [0.2, 0.25) is 5.78 Å². The van der Waals surface area contributed by atoms with Crippen LogP contribution in [-0.4, -0.2) is 29.7 Å². The molecule has 0 aliphatic carbocycles. The minimum Gasteiger partial charge on any atom is -0.397 e. The Bertz CT molecular complexity index is 879. The van der Waals surface area contributed by atoms with E-state index in [2.05, 4.69) is 5.10 Å². The van der Waals surface area contributed by atoms with E-state index in [1.807, 2.05) is 68.4 Å². The standard InChI is InChI=1S/C19H20N4O/c1-13-12-18(23(21-13)17-7-5-4-6-16(17)20)19(24)14-8-10-15(11-9-14)22(2)3/h4-12H,20H2,1-3H3. The van der Waals surface area contributed by atoms with Crippen molar-refractivity contribution < 1.29 is 4.79 Å². The molecule has 0 amide bonds. The smallest absolute Gasteiger partial charge is 0.211 e. The quantitative estimate of drug-likeness (QED) is 0.593. The number of nitrogens with two attached hydrogens (primary N) is 1. The van der Waals surface area contributed by atoms with Gasteiger partial charge >= 0.3 is 0 Å². The number of aryl methyl sites for hydroxylation is 1. The average molecular weight is 320 g/mol. The molecule has 0 aliphatic heterocycles. The Kier molecular flexibility index (Phi) is 4.08. The number of rotatable bonds is 4. The summed E-state index contributed by atoms with van der Waals surface area (Å²) in [6.45, 7) is 1.86. The summed E-state index contributed by atoms with van der Waals surface area (Å²) in [6.07, 6.45) is 0. The molecule has 3 rings (SSSR count). The predicted octanol–water partition coefficient (Wildman–Crippen LogP) is 3.06. The number of nitrogen functional groups attached to an aromatic ring is 1. The van der Waals surface area contributed by atoms with Crippen molar-refractivity contribution in [2.24, 2.45) is 0 Å². The number of aromatic nitrogens is 2. The summed E-state index contributed by atoms with van der Waals surface area (Å²) < 4.78 is 1.62. The molecule has 1 aromatic heterocycles. The lowest BCUT2D eigenvalue weighted by atomic mass is 10.1. The Morgan fingerprint density at radius 1 is 1.08 bits per heavy atom. The summed E-state index contributed by atoms with van der Waals surface area (Å²) in [4.78, 5) is 14.9. The van der Waals surface area contributed by atoms with Gasteiger partial charge in [-0.3, -0.25) is 4.79 Å². The summed E-state index contributed by atoms with van der Waals surface area (Å²) in [5, 5.41) is 4.44. The van der Waals surface area contributed by atoms with Gasteiger partial charge in [-0.15, -0.1) is 0 Å². The molecule has 0 fully saturated rings. The van der Waals surface area contributed by atoms with Crippen LogP contribution in [0.3, 0.4) is 0 Å². The monoisotopic (exact) mass is 320 g/mol. The van der Waals surface area contributed by atoms with E-state index in [0.29, 0.717) is 22.6 Å². The van der Waals surface area contributed by atoms with E-state index in [-0.39, 0.29) is 5.78 Å². The fourth-order valence-electron chi connectivity index (χ4n) is 2.58. The molecule has 5 nitrogen and oxygen atoms in total. The maximum atomic E-state index is 12.9. The molecular formula is C19H20N4O. The predicted molar refractivity (Wildman–Crippen MR) is 96.9 cm³/mol. The topological polar surface area (TPSA) is 64.2 Å². The molecular weight excluding hydrogens is 300 g/mol. The molecule has 0 saturated carbocycles. The number of benzene rings is 2. The SMILES string of the molecule is Cc1cc(C(=O)c2ccc(N(C)C)cc2)n(-c2ccccc2N)n1. The van der Waals surface area contributed by atoms with Gasteiger partial charge in [-0.05, 0) is 49.4 Å². The molecule has 0 bridgehead atoms. The first-order valence-electron chi connectivity index (χ1n) is 7.71. The second-order valence-electron chi connectivity index (χ2n) is 5.91. The molecule has 2 N–H and O–H groups in total. The Morgan fingerprint density at radius 2 is 1.75 bits per heavy atom. The number of carbonyl (C=O) groups is 1. The largest absolute Gasteiger partial charge is 0.397 e. The van der Waals surface area contributed by atoms with Gasteiger partial charge in [0, 0.05) is 25.3 Å². The maximum Gasteiger partial charge on any atom is 0.211 e. The first kappa shape index (κ1) is 15.8. The van der Waals surface area contributed by atoms with Crippen LogP contribution in [0.5, 0.6) is 0 Å². The number of carbonyl (C=O) groups excluding carboxylic acids is 1. The molecule has 0 aliphatic rings. The summed E-state index contributed by atoms with van der Waals surface area (Å²) in [5.41, 5.74) is 10.3. The van der Waals surface area contributed by atoms with Crippen molar-refractivity contribution in [1.29, 1.82) is 0 Å². The highest BCUT2D eigenvalue weighted by Crippen LogP contribution is 2.22. The summed E-state index contributed by atoms with van der Waals surface area (Å²) in [6, 6.07) is 16.7. The third-order valence-electron chi connectivity index (χ3n) is 3.87. The van der Waals surface area contributed by atoms with Crippen molar-refractivity contribution in [1.82, 2.24) is 9.78 Å². The van der Waals surface area contributed by atoms with Crippen LogP contribution in [0.15, 0.2) is 54.6 Å². The van der Waals surface area contributed by atoms with Crippen LogP contribution in [0.1, 0.15) is 21.7 Å². The Balaban J connectivity index is 2.04. The number of nitrogens with zero attached hydrogens (tertiary/aromatic N) is 3. The normalized spacial score (nSPS) is 10.6. The van der Waals surface area contributed by atoms with Crippen LogP contribution in [0, 0.1) is 6.92 Å². The Hall–Kier alpha value is -3.08. The van der Waals surface area contributed by atoms with E-state index in [4.69, 9.17) is 5.73 Å². The van der Waals surface area contributed by atoms with Gasteiger partial charge in [-0.2, -0.15) is 5.10 Å². The third kappa shape index (κ3) is 2.88. The Morgan fingerprint density at radius 3 is 2.38 bits per heavy atom. The van der Waals surface area contributed by atoms with Gasteiger partial charge in [0.1, 0.15) is 5.69 Å². The number of hydrogen-bond acceptors (Lipinski definition) is 4. The van der Waals surface area contributed by atoms with Gasteiger partial charge < -0.3 is 10.6 Å². The van der Waals surface area contributed by atoms with Crippen LogP contribution < -0.4 is 10.6 Å². The van der Waals surface area contributed by atoms with Crippen LogP contribution in [0.2, 0.25) is 0 Å². The number of ketones is 1. The van der Waals surface area contributed by atoms with Crippen LogP contribution >= 0.6 is 0 Å². The van der Waals surface area contributed by atoms with Crippen molar-refractivity contribution >= 4 is 17.2 Å². The molecule has 5 heteroatoms. The van der Waals surface area contributed by atoms with Crippen molar-refractivity contribution in [3.8, 4) is 5.69 Å². The summed E-state index contributed by atoms with van der Waals surface area (Å²) in [5.74, 6) is -0.0795. The lowest BCUT2D eigenvalue weighted by molar-refractivity contribution is 0.103. The zero-order valence-electron chi connectivity index (χ0n) is 14.0. The molecule has 0 spiro atoms. The zero-order chi connectivity index (χ0) is 17.3. The molecule has 0 atom stereocenters. The first-order chi connectivity index (χ1) is 11.5. The van der Waals surface area contributed by atoms with Gasteiger partial charge in [-0.1, -0.05) is 12.1 Å². The summed E-state index contributed by atoms with van der Waals surface area (Å²) in [7, 11) is 3.93. The van der Waals surface area contributed by atoms with E-state index in [1.54, 1.807) is 16.8 Å². The number of hydrogen-bond donors (Lipinski definition) is 1. The van der Waals surface area contributed by atoms with E-state index >= 15 is 0 Å². The second kappa shape index (κ2) is 6.20.